The lowest BCUT2D eigenvalue weighted by Gasteiger charge is -2.15. The molecule has 0 aliphatic carbocycles. The van der Waals surface area contributed by atoms with Crippen molar-refractivity contribution < 1.29 is 9.59 Å². The number of likely N-dealkylation sites (tertiary alicyclic amines) is 1. The molecule has 2 rings (SSSR count). The molecule has 0 unspecified atom stereocenters. The number of carbonyl (C=O) groups excluding carboxylic acids is 2. The molecule has 1 aliphatic heterocycles. The third-order valence-electron chi connectivity index (χ3n) is 3.01. The van der Waals surface area contributed by atoms with Gasteiger partial charge in [0.25, 0.3) is 0 Å². The summed E-state index contributed by atoms with van der Waals surface area (Å²) < 4.78 is 0. The SMILES string of the molecule is O=C(CSc1ccccc1)NCC(=O)N1CCCC1. The van der Waals surface area contributed by atoms with Crippen LogP contribution in [0.2, 0.25) is 0 Å². The predicted molar refractivity (Wildman–Crippen MR) is 76.0 cm³/mol. The maximum Gasteiger partial charge on any atom is 0.241 e. The fourth-order valence-electron chi connectivity index (χ4n) is 1.97. The summed E-state index contributed by atoms with van der Waals surface area (Å²) in [7, 11) is 0. The number of carbonyl (C=O) groups is 2. The predicted octanol–water partition coefficient (Wildman–Crippen LogP) is 1.52. The molecule has 0 radical (unpaired) electrons. The smallest absolute Gasteiger partial charge is 0.241 e. The molecule has 0 saturated carbocycles. The van der Waals surface area contributed by atoms with Crippen molar-refractivity contribution in [2.75, 3.05) is 25.4 Å². The van der Waals surface area contributed by atoms with Gasteiger partial charge in [-0.3, -0.25) is 9.59 Å². The Bertz CT molecular complexity index is 430. The van der Waals surface area contributed by atoms with Gasteiger partial charge >= 0.3 is 0 Å². The van der Waals surface area contributed by atoms with E-state index >= 15 is 0 Å². The topological polar surface area (TPSA) is 49.4 Å². The molecule has 102 valence electrons. The molecule has 4 nitrogen and oxygen atoms in total. The summed E-state index contributed by atoms with van der Waals surface area (Å²) in [5.41, 5.74) is 0. The third-order valence-corrected chi connectivity index (χ3v) is 4.02. The molecule has 1 fully saturated rings. The van der Waals surface area contributed by atoms with E-state index in [0.717, 1.165) is 30.8 Å². The van der Waals surface area contributed by atoms with Crippen molar-refractivity contribution in [1.29, 1.82) is 0 Å². The highest BCUT2D eigenvalue weighted by molar-refractivity contribution is 8.00. The van der Waals surface area contributed by atoms with Gasteiger partial charge in [-0.25, -0.2) is 0 Å². The van der Waals surface area contributed by atoms with Gasteiger partial charge in [0.15, 0.2) is 0 Å². The molecule has 0 aromatic heterocycles. The number of amides is 2. The Morgan fingerprint density at radius 3 is 2.53 bits per heavy atom. The summed E-state index contributed by atoms with van der Waals surface area (Å²) in [5.74, 6) is 0.272. The minimum absolute atomic E-state index is 0.0237. The second-order valence-corrected chi connectivity index (χ2v) is 5.52. The minimum atomic E-state index is -0.0959. The zero-order chi connectivity index (χ0) is 13.5. The van der Waals surface area contributed by atoms with Gasteiger partial charge in [-0.05, 0) is 25.0 Å². The molecule has 1 aromatic carbocycles. The highest BCUT2D eigenvalue weighted by atomic mass is 32.2. The number of nitrogens with zero attached hydrogens (tertiary/aromatic N) is 1. The maximum atomic E-state index is 11.7. The molecule has 1 saturated heterocycles. The van der Waals surface area contributed by atoms with Crippen LogP contribution in [-0.4, -0.2) is 42.1 Å². The second kappa shape index (κ2) is 7.19. The summed E-state index contributed by atoms with van der Waals surface area (Å²) in [6.07, 6.45) is 2.15. The average Bonchev–Trinajstić information content (AvgIpc) is 2.98. The van der Waals surface area contributed by atoms with Crippen LogP contribution in [0, 0.1) is 0 Å². The zero-order valence-corrected chi connectivity index (χ0v) is 11.6. The molecule has 1 aliphatic rings. The van der Waals surface area contributed by atoms with Crippen molar-refractivity contribution in [2.24, 2.45) is 0 Å². The summed E-state index contributed by atoms with van der Waals surface area (Å²) in [5, 5.41) is 2.68. The molecular formula is C14H18N2O2S. The molecule has 1 heterocycles. The van der Waals surface area contributed by atoms with Gasteiger partial charge in [0.2, 0.25) is 11.8 Å². The van der Waals surface area contributed by atoms with Crippen molar-refractivity contribution in [3.8, 4) is 0 Å². The van der Waals surface area contributed by atoms with Crippen LogP contribution < -0.4 is 5.32 Å². The Balaban J connectivity index is 1.65. The van der Waals surface area contributed by atoms with Crippen molar-refractivity contribution in [2.45, 2.75) is 17.7 Å². The molecule has 2 amide bonds. The fourth-order valence-corrected chi connectivity index (χ4v) is 2.72. The molecular weight excluding hydrogens is 260 g/mol. The Kier molecular flexibility index (Phi) is 5.27. The van der Waals surface area contributed by atoms with E-state index in [4.69, 9.17) is 0 Å². The summed E-state index contributed by atoms with van der Waals surface area (Å²) in [6.45, 7) is 1.77. The lowest BCUT2D eigenvalue weighted by atomic mass is 10.4. The summed E-state index contributed by atoms with van der Waals surface area (Å²) in [6, 6.07) is 9.76. The highest BCUT2D eigenvalue weighted by Gasteiger charge is 2.17. The molecule has 0 atom stereocenters. The number of hydrogen-bond donors (Lipinski definition) is 1. The van der Waals surface area contributed by atoms with Crippen LogP contribution in [0.1, 0.15) is 12.8 Å². The first kappa shape index (κ1) is 13.9. The lowest BCUT2D eigenvalue weighted by molar-refractivity contribution is -0.131. The number of rotatable bonds is 5. The van der Waals surface area contributed by atoms with Crippen LogP contribution >= 0.6 is 11.8 Å². The van der Waals surface area contributed by atoms with Crippen LogP contribution in [-0.2, 0) is 9.59 Å². The fraction of sp³-hybridized carbons (Fsp3) is 0.429. The zero-order valence-electron chi connectivity index (χ0n) is 10.8. The first-order chi connectivity index (χ1) is 9.25. The van der Waals surface area contributed by atoms with E-state index in [1.54, 1.807) is 0 Å². The van der Waals surface area contributed by atoms with Gasteiger partial charge in [-0.15, -0.1) is 11.8 Å². The van der Waals surface area contributed by atoms with Crippen LogP contribution in [0.25, 0.3) is 0 Å². The van der Waals surface area contributed by atoms with Crippen molar-refractivity contribution in [3.05, 3.63) is 30.3 Å². The Labute approximate surface area is 117 Å². The molecule has 1 N–H and O–H groups in total. The van der Waals surface area contributed by atoms with E-state index in [9.17, 15) is 9.59 Å². The summed E-state index contributed by atoms with van der Waals surface area (Å²) in [4.78, 5) is 26.2. The largest absolute Gasteiger partial charge is 0.346 e. The van der Waals surface area contributed by atoms with Crippen molar-refractivity contribution >= 4 is 23.6 Å². The monoisotopic (exact) mass is 278 g/mol. The number of nitrogens with one attached hydrogen (secondary N) is 1. The normalized spacial score (nSPS) is 14.4. The lowest BCUT2D eigenvalue weighted by Crippen LogP contribution is -2.39. The first-order valence-electron chi connectivity index (χ1n) is 6.48. The molecule has 0 bridgehead atoms. The standard InChI is InChI=1S/C14H18N2O2S/c17-13(11-19-12-6-2-1-3-7-12)15-10-14(18)16-8-4-5-9-16/h1-3,6-7H,4-5,8-11H2,(H,15,17). The third kappa shape index (κ3) is 4.59. The second-order valence-electron chi connectivity index (χ2n) is 4.47. The first-order valence-corrected chi connectivity index (χ1v) is 7.46. The number of hydrogen-bond acceptors (Lipinski definition) is 3. The van der Waals surface area contributed by atoms with Gasteiger partial charge < -0.3 is 10.2 Å². The Morgan fingerprint density at radius 2 is 1.84 bits per heavy atom. The van der Waals surface area contributed by atoms with Crippen molar-refractivity contribution in [3.63, 3.8) is 0 Å². The quantitative estimate of drug-likeness (QED) is 0.831. The van der Waals surface area contributed by atoms with E-state index in [0.29, 0.717) is 5.75 Å². The molecule has 0 spiro atoms. The van der Waals surface area contributed by atoms with Crippen LogP contribution in [0.3, 0.4) is 0 Å². The molecule has 19 heavy (non-hydrogen) atoms. The van der Waals surface area contributed by atoms with Crippen LogP contribution in [0.15, 0.2) is 35.2 Å². The maximum absolute atomic E-state index is 11.7. The van der Waals surface area contributed by atoms with Crippen molar-refractivity contribution in [1.82, 2.24) is 10.2 Å². The molecule has 5 heteroatoms. The van der Waals surface area contributed by atoms with Crippen LogP contribution in [0.5, 0.6) is 0 Å². The van der Waals surface area contributed by atoms with E-state index in [1.165, 1.54) is 11.8 Å². The van der Waals surface area contributed by atoms with Gasteiger partial charge in [0.05, 0.1) is 12.3 Å². The van der Waals surface area contributed by atoms with E-state index in [2.05, 4.69) is 5.32 Å². The van der Waals surface area contributed by atoms with E-state index in [-0.39, 0.29) is 18.4 Å². The van der Waals surface area contributed by atoms with E-state index < -0.39 is 0 Å². The van der Waals surface area contributed by atoms with Crippen LogP contribution in [0.4, 0.5) is 0 Å². The minimum Gasteiger partial charge on any atom is -0.346 e. The highest BCUT2D eigenvalue weighted by Crippen LogP contribution is 2.16. The van der Waals surface area contributed by atoms with Gasteiger partial charge in [-0.2, -0.15) is 0 Å². The van der Waals surface area contributed by atoms with Gasteiger partial charge in [-0.1, -0.05) is 18.2 Å². The Morgan fingerprint density at radius 1 is 1.16 bits per heavy atom. The molecule has 1 aromatic rings. The van der Waals surface area contributed by atoms with Gasteiger partial charge in [0, 0.05) is 18.0 Å². The number of benzene rings is 1. The van der Waals surface area contributed by atoms with Gasteiger partial charge in [0.1, 0.15) is 0 Å². The Hall–Kier alpha value is -1.49. The summed E-state index contributed by atoms with van der Waals surface area (Å²) >= 11 is 1.48. The van der Waals surface area contributed by atoms with E-state index in [1.807, 2.05) is 35.2 Å². The average molecular weight is 278 g/mol. The number of thioether (sulfide) groups is 1.